The van der Waals surface area contributed by atoms with Crippen LogP contribution in [-0.4, -0.2) is 33.3 Å². The molecule has 4 aromatic rings. The Morgan fingerprint density at radius 2 is 1.81 bits per heavy atom. The number of pyridine rings is 1. The molecule has 0 aliphatic carbocycles. The Hall–Kier alpha value is -3.51. The Balaban J connectivity index is 1.68. The highest BCUT2D eigenvalue weighted by atomic mass is 31.2. The van der Waals surface area contributed by atoms with Crippen molar-refractivity contribution in [2.24, 2.45) is 0 Å². The molecule has 1 atom stereocenters. The summed E-state index contributed by atoms with van der Waals surface area (Å²) in [6.07, 6.45) is 4.17. The Kier molecular flexibility index (Phi) is 5.80. The number of nitrogens with two attached hydrogens (primary N) is 1. The highest BCUT2D eigenvalue weighted by Crippen LogP contribution is 2.37. The number of nitrogen functional groups attached to an aromatic ring is 1. The molecule has 0 amide bonds. The van der Waals surface area contributed by atoms with Crippen LogP contribution >= 0.6 is 7.14 Å². The fourth-order valence-electron chi connectivity index (χ4n) is 3.36. The zero-order chi connectivity index (χ0) is 22.9. The summed E-state index contributed by atoms with van der Waals surface area (Å²) < 4.78 is 32.6. The largest absolute Gasteiger partial charge is 0.482 e. The lowest BCUT2D eigenvalue weighted by atomic mass is 10.1. The van der Waals surface area contributed by atoms with Gasteiger partial charge in [-0.05, 0) is 56.1 Å². The number of benzene rings is 2. The fraction of sp³-hybridized carbons (Fsp3) is 0.174. The van der Waals surface area contributed by atoms with Crippen molar-refractivity contribution in [1.29, 1.82) is 0 Å². The third-order valence-electron chi connectivity index (χ3n) is 5.05. The zero-order valence-electron chi connectivity index (χ0n) is 17.9. The lowest BCUT2D eigenvalue weighted by molar-refractivity contribution is 0.226. The second-order valence-electron chi connectivity index (χ2n) is 7.79. The molecule has 0 fully saturated rings. The summed E-state index contributed by atoms with van der Waals surface area (Å²) in [5, 5.41) is 9.04. The average Bonchev–Trinajstić information content (AvgIpc) is 3.29. The van der Waals surface area contributed by atoms with Gasteiger partial charge in [-0.1, -0.05) is 18.2 Å². The van der Waals surface area contributed by atoms with Gasteiger partial charge in [0.05, 0.1) is 18.1 Å². The predicted octanol–water partition coefficient (Wildman–Crippen LogP) is 4.44. The quantitative estimate of drug-likeness (QED) is 0.436. The average molecular weight is 451 g/mol. The summed E-state index contributed by atoms with van der Waals surface area (Å²) in [6.45, 7) is 5.25. The number of anilines is 1. The minimum atomic E-state index is -2.41. The first-order valence-electron chi connectivity index (χ1n) is 9.96. The van der Waals surface area contributed by atoms with Gasteiger partial charge in [0.1, 0.15) is 19.1 Å². The summed E-state index contributed by atoms with van der Waals surface area (Å²) in [5.74, 6) is 0.176. The van der Waals surface area contributed by atoms with E-state index in [1.54, 1.807) is 51.0 Å². The summed E-state index contributed by atoms with van der Waals surface area (Å²) in [5.41, 5.74) is 8.85. The molecule has 0 saturated carbocycles. The van der Waals surface area contributed by atoms with Crippen molar-refractivity contribution in [2.45, 2.75) is 13.0 Å². The molecule has 2 N–H and O–H groups in total. The van der Waals surface area contributed by atoms with Crippen molar-refractivity contribution in [2.75, 3.05) is 19.1 Å². The van der Waals surface area contributed by atoms with Crippen molar-refractivity contribution in [3.8, 4) is 22.6 Å². The van der Waals surface area contributed by atoms with Crippen molar-refractivity contribution in [3.05, 3.63) is 78.5 Å². The molecule has 0 spiro atoms. The first-order valence-corrected chi connectivity index (χ1v) is 12.6. The standard InChI is InChI=1S/C23H23FN5O2P/c1-15(20-13-18(24)7-8-21(20)29-27-9-10-28-29)31-22-12-17(14-26-23(22)25)16-5-4-6-19(11-16)32(2,3)30/h4-15H,1-3H3,(H2,25,26)/t15-/m1/s1. The first-order chi connectivity index (χ1) is 15.2. The van der Waals surface area contributed by atoms with E-state index in [1.165, 1.54) is 16.9 Å². The molecule has 0 aliphatic heterocycles. The molecule has 32 heavy (non-hydrogen) atoms. The van der Waals surface area contributed by atoms with Gasteiger partial charge in [-0.25, -0.2) is 9.37 Å². The van der Waals surface area contributed by atoms with Crippen LogP contribution in [0.4, 0.5) is 10.2 Å². The molecule has 0 radical (unpaired) electrons. The maximum atomic E-state index is 14.0. The summed E-state index contributed by atoms with van der Waals surface area (Å²) in [4.78, 5) is 5.67. The van der Waals surface area contributed by atoms with E-state index in [2.05, 4.69) is 15.2 Å². The smallest absolute Gasteiger partial charge is 0.166 e. The van der Waals surface area contributed by atoms with E-state index in [0.717, 1.165) is 16.4 Å². The van der Waals surface area contributed by atoms with Gasteiger partial charge in [0.15, 0.2) is 11.6 Å². The lowest BCUT2D eigenvalue weighted by Crippen LogP contribution is -2.11. The lowest BCUT2D eigenvalue weighted by Gasteiger charge is -2.19. The van der Waals surface area contributed by atoms with Gasteiger partial charge in [-0.3, -0.25) is 0 Å². The summed E-state index contributed by atoms with van der Waals surface area (Å²) in [7, 11) is -2.41. The van der Waals surface area contributed by atoms with Crippen LogP contribution in [0.2, 0.25) is 0 Å². The van der Waals surface area contributed by atoms with Gasteiger partial charge >= 0.3 is 0 Å². The highest BCUT2D eigenvalue weighted by molar-refractivity contribution is 7.70. The van der Waals surface area contributed by atoms with Crippen molar-refractivity contribution in [1.82, 2.24) is 20.0 Å². The topological polar surface area (TPSA) is 95.9 Å². The maximum Gasteiger partial charge on any atom is 0.166 e. The van der Waals surface area contributed by atoms with E-state index in [0.29, 0.717) is 17.0 Å². The van der Waals surface area contributed by atoms with E-state index >= 15 is 0 Å². The Morgan fingerprint density at radius 1 is 1.06 bits per heavy atom. The molecule has 2 aromatic heterocycles. The Morgan fingerprint density at radius 3 is 2.53 bits per heavy atom. The van der Waals surface area contributed by atoms with E-state index in [1.807, 2.05) is 24.3 Å². The number of aromatic nitrogens is 4. The summed E-state index contributed by atoms with van der Waals surface area (Å²) >= 11 is 0. The van der Waals surface area contributed by atoms with Gasteiger partial charge in [0.25, 0.3) is 0 Å². The zero-order valence-corrected chi connectivity index (χ0v) is 18.8. The molecule has 0 unspecified atom stereocenters. The van der Waals surface area contributed by atoms with Crippen LogP contribution < -0.4 is 15.8 Å². The van der Waals surface area contributed by atoms with Gasteiger partial charge in [-0.15, -0.1) is 0 Å². The number of halogens is 1. The first kappa shape index (κ1) is 21.7. The van der Waals surface area contributed by atoms with Crippen LogP contribution in [0.5, 0.6) is 5.75 Å². The van der Waals surface area contributed by atoms with Crippen LogP contribution in [0, 0.1) is 5.82 Å². The molecule has 9 heteroatoms. The van der Waals surface area contributed by atoms with Crippen molar-refractivity contribution < 1.29 is 13.7 Å². The molecule has 2 aromatic carbocycles. The summed E-state index contributed by atoms with van der Waals surface area (Å²) in [6, 6.07) is 13.6. The molecule has 2 heterocycles. The molecule has 0 aliphatic rings. The molecule has 164 valence electrons. The van der Waals surface area contributed by atoms with Crippen LogP contribution in [0.15, 0.2) is 67.1 Å². The van der Waals surface area contributed by atoms with Crippen molar-refractivity contribution >= 4 is 18.3 Å². The minimum absolute atomic E-state index is 0.212. The fourth-order valence-corrected chi connectivity index (χ4v) is 4.25. The molecule has 0 saturated heterocycles. The van der Waals surface area contributed by atoms with E-state index in [-0.39, 0.29) is 5.82 Å². The number of hydrogen-bond acceptors (Lipinski definition) is 6. The molecule has 0 bridgehead atoms. The number of hydrogen-bond donors (Lipinski definition) is 1. The SMILES string of the molecule is C[C@@H](Oc1cc(-c2cccc(P(C)(C)=O)c2)cnc1N)c1cc(F)ccc1-n1nccn1. The molecule has 7 nitrogen and oxygen atoms in total. The van der Waals surface area contributed by atoms with Gasteiger partial charge in [0, 0.05) is 22.6 Å². The molecular weight excluding hydrogens is 428 g/mol. The minimum Gasteiger partial charge on any atom is -0.482 e. The van der Waals surface area contributed by atoms with E-state index in [4.69, 9.17) is 10.5 Å². The van der Waals surface area contributed by atoms with E-state index in [9.17, 15) is 8.96 Å². The van der Waals surface area contributed by atoms with Gasteiger partial charge < -0.3 is 15.0 Å². The van der Waals surface area contributed by atoms with Crippen LogP contribution in [0.1, 0.15) is 18.6 Å². The maximum absolute atomic E-state index is 14.0. The highest BCUT2D eigenvalue weighted by Gasteiger charge is 2.18. The number of ether oxygens (including phenoxy) is 1. The number of nitrogens with zero attached hydrogens (tertiary/aromatic N) is 4. The van der Waals surface area contributed by atoms with Gasteiger partial charge in [0.2, 0.25) is 0 Å². The molecular formula is C23H23FN5O2P. The monoisotopic (exact) mass is 451 g/mol. The van der Waals surface area contributed by atoms with Gasteiger partial charge in [-0.2, -0.15) is 15.0 Å². The van der Waals surface area contributed by atoms with Crippen LogP contribution in [0.3, 0.4) is 0 Å². The second-order valence-corrected chi connectivity index (χ2v) is 11.0. The molecule has 4 rings (SSSR count). The Labute approximate surface area is 185 Å². The Bertz CT molecular complexity index is 1300. The third-order valence-corrected chi connectivity index (χ3v) is 6.57. The normalized spacial score (nSPS) is 12.5. The van der Waals surface area contributed by atoms with Crippen LogP contribution in [0.25, 0.3) is 16.8 Å². The van der Waals surface area contributed by atoms with Crippen LogP contribution in [-0.2, 0) is 4.57 Å². The second kappa shape index (κ2) is 8.55. The predicted molar refractivity (Wildman–Crippen MR) is 124 cm³/mol. The third kappa shape index (κ3) is 4.55. The van der Waals surface area contributed by atoms with E-state index < -0.39 is 19.1 Å². The van der Waals surface area contributed by atoms with Crippen molar-refractivity contribution in [3.63, 3.8) is 0 Å². The number of rotatable bonds is 6.